The zero-order valence-electron chi connectivity index (χ0n) is 16.4. The average molecular weight is 438 g/mol. The van der Waals surface area contributed by atoms with Crippen LogP contribution in [0.2, 0.25) is 0 Å². The van der Waals surface area contributed by atoms with E-state index < -0.39 is 10.8 Å². The van der Waals surface area contributed by atoms with Crippen LogP contribution in [0, 0.1) is 10.1 Å². The zero-order chi connectivity index (χ0) is 21.4. The van der Waals surface area contributed by atoms with Crippen LogP contribution in [0.5, 0.6) is 0 Å². The van der Waals surface area contributed by atoms with Crippen LogP contribution < -0.4 is 5.32 Å². The maximum atomic E-state index is 12.8. The number of furan rings is 1. The molecule has 10 nitrogen and oxygen atoms in total. The molecule has 0 aromatic carbocycles. The molecule has 4 aromatic heterocycles. The predicted octanol–water partition coefficient (Wildman–Crippen LogP) is 4.81. The molecular weight excluding hydrogens is 420 g/mol. The molecule has 0 spiro atoms. The van der Waals surface area contributed by atoms with E-state index in [1.807, 2.05) is 4.68 Å². The number of hydrogen-bond acceptors (Lipinski definition) is 8. The Morgan fingerprint density at radius 2 is 2.06 bits per heavy atom. The Hall–Kier alpha value is -3.60. The lowest BCUT2D eigenvalue weighted by Gasteiger charge is -2.22. The smallest absolute Gasteiger partial charge is 0.324 e. The second kappa shape index (κ2) is 7.91. The first-order valence-electron chi connectivity index (χ1n) is 9.95. The number of nitrogens with zero attached hydrogens (tertiary/aromatic N) is 5. The monoisotopic (exact) mass is 438 g/mol. The minimum atomic E-state index is -0.520. The number of fused-ring (bicyclic) bond motifs is 1. The van der Waals surface area contributed by atoms with E-state index in [1.165, 1.54) is 24.8 Å². The van der Waals surface area contributed by atoms with Crippen LogP contribution >= 0.6 is 11.3 Å². The van der Waals surface area contributed by atoms with E-state index in [-0.39, 0.29) is 15.9 Å². The Morgan fingerprint density at radius 1 is 1.23 bits per heavy atom. The Kier molecular flexibility index (Phi) is 4.94. The third kappa shape index (κ3) is 3.67. The second-order valence-electron chi connectivity index (χ2n) is 7.34. The third-order valence-corrected chi connectivity index (χ3v) is 6.38. The average Bonchev–Trinajstić information content (AvgIpc) is 3.54. The summed E-state index contributed by atoms with van der Waals surface area (Å²) in [5.74, 6) is 0.622. The maximum absolute atomic E-state index is 12.8. The van der Waals surface area contributed by atoms with Crippen LogP contribution in [-0.2, 0) is 0 Å². The lowest BCUT2D eigenvalue weighted by Crippen LogP contribution is -2.15. The van der Waals surface area contributed by atoms with Crippen LogP contribution in [0.3, 0.4) is 0 Å². The summed E-state index contributed by atoms with van der Waals surface area (Å²) in [6, 6.07) is 6.47. The molecule has 1 amide bonds. The van der Waals surface area contributed by atoms with Crippen molar-refractivity contribution >= 4 is 39.1 Å². The Labute approximate surface area is 180 Å². The molecule has 11 heteroatoms. The number of nitro groups is 1. The van der Waals surface area contributed by atoms with Gasteiger partial charge in [-0.2, -0.15) is 5.10 Å². The number of amides is 1. The number of anilines is 1. The van der Waals surface area contributed by atoms with Gasteiger partial charge in [-0.05, 0) is 31.0 Å². The summed E-state index contributed by atoms with van der Waals surface area (Å²) < 4.78 is 7.38. The van der Waals surface area contributed by atoms with Crippen molar-refractivity contribution in [1.29, 1.82) is 0 Å². The number of thiophene rings is 1. The largest absolute Gasteiger partial charge is 0.461 e. The van der Waals surface area contributed by atoms with Crippen molar-refractivity contribution in [2.24, 2.45) is 0 Å². The fourth-order valence-electron chi connectivity index (χ4n) is 3.85. The van der Waals surface area contributed by atoms with Crippen molar-refractivity contribution in [3.8, 4) is 11.6 Å². The van der Waals surface area contributed by atoms with Gasteiger partial charge < -0.3 is 9.73 Å². The lowest BCUT2D eigenvalue weighted by atomic mass is 9.96. The van der Waals surface area contributed by atoms with Crippen LogP contribution in [0.25, 0.3) is 22.6 Å². The van der Waals surface area contributed by atoms with E-state index in [0.717, 1.165) is 37.0 Å². The van der Waals surface area contributed by atoms with E-state index in [1.54, 1.807) is 18.3 Å². The number of nitrogens with one attached hydrogen (secondary N) is 1. The molecule has 4 heterocycles. The standard InChI is InChI=1S/C20H18N6O4S/c27-20(15-8-9-16(31-15)26(28)29)24-17-13-11-21-25(12-5-2-1-3-6-12)19(13)23-18(22-17)14-7-4-10-30-14/h4,7-12H,1-3,5-6H2,(H,22,23,24,27). The molecule has 4 aromatic rings. The molecule has 31 heavy (non-hydrogen) atoms. The maximum Gasteiger partial charge on any atom is 0.324 e. The van der Waals surface area contributed by atoms with Crippen molar-refractivity contribution in [2.75, 3.05) is 5.32 Å². The minimum absolute atomic E-state index is 0.0978. The first kappa shape index (κ1) is 19.4. The normalized spacial score (nSPS) is 14.7. The quantitative estimate of drug-likeness (QED) is 0.349. The van der Waals surface area contributed by atoms with Gasteiger partial charge in [-0.15, -0.1) is 0 Å². The second-order valence-corrected chi connectivity index (χ2v) is 8.40. The zero-order valence-corrected chi connectivity index (χ0v) is 17.2. The molecule has 0 bridgehead atoms. The molecular formula is C20H18N6O4S. The van der Waals surface area contributed by atoms with Crippen LogP contribution in [0.1, 0.15) is 47.8 Å². The lowest BCUT2D eigenvalue weighted by molar-refractivity contribution is -0.380. The van der Waals surface area contributed by atoms with Gasteiger partial charge in [0.2, 0.25) is 0 Å². The number of aromatic nitrogens is 4. The molecule has 1 fully saturated rings. The van der Waals surface area contributed by atoms with Crippen molar-refractivity contribution < 1.29 is 14.1 Å². The van der Waals surface area contributed by atoms with Gasteiger partial charge >= 0.3 is 5.00 Å². The van der Waals surface area contributed by atoms with E-state index in [2.05, 4.69) is 20.4 Å². The van der Waals surface area contributed by atoms with Gasteiger partial charge in [0.1, 0.15) is 5.82 Å². The highest BCUT2D eigenvalue weighted by Crippen LogP contribution is 2.33. The van der Waals surface area contributed by atoms with E-state index in [9.17, 15) is 14.9 Å². The molecule has 0 unspecified atom stereocenters. The third-order valence-electron chi connectivity index (χ3n) is 5.34. The molecule has 1 aliphatic rings. The highest BCUT2D eigenvalue weighted by Gasteiger charge is 2.23. The fourth-order valence-corrected chi connectivity index (χ4v) is 4.56. The first-order valence-corrected chi connectivity index (χ1v) is 10.8. The van der Waals surface area contributed by atoms with E-state index >= 15 is 0 Å². The molecule has 5 rings (SSSR count). The predicted molar refractivity (Wildman–Crippen MR) is 114 cm³/mol. The summed E-state index contributed by atoms with van der Waals surface area (Å²) in [5.41, 5.74) is 0.626. The fraction of sp³-hybridized carbons (Fsp3) is 0.300. The molecule has 0 saturated heterocycles. The van der Waals surface area contributed by atoms with Gasteiger partial charge in [0.15, 0.2) is 17.2 Å². The number of carbonyl (C=O) groups excluding carboxylic acids is 1. The molecule has 1 N–H and O–H groups in total. The van der Waals surface area contributed by atoms with Crippen molar-refractivity contribution in [3.63, 3.8) is 0 Å². The summed E-state index contributed by atoms with van der Waals surface area (Å²) in [7, 11) is 0. The van der Waals surface area contributed by atoms with E-state index in [0.29, 0.717) is 28.4 Å². The van der Waals surface area contributed by atoms with Crippen LogP contribution in [0.15, 0.2) is 41.1 Å². The summed E-state index contributed by atoms with van der Waals surface area (Å²) in [5, 5.41) is 18.8. The van der Waals surface area contributed by atoms with Crippen molar-refractivity contribution in [1.82, 2.24) is 19.7 Å². The van der Waals surface area contributed by atoms with Gasteiger partial charge in [0.05, 0.1) is 33.7 Å². The van der Waals surface area contributed by atoms with Crippen LogP contribution in [0.4, 0.5) is 10.8 Å². The summed E-state index contributed by atoms with van der Waals surface area (Å²) in [6.45, 7) is 0. The van der Waals surface area contributed by atoms with Gasteiger partial charge in [0, 0.05) is 6.07 Å². The van der Waals surface area contributed by atoms with Crippen LogP contribution in [-0.4, -0.2) is 30.6 Å². The molecule has 0 atom stereocenters. The molecule has 0 aliphatic heterocycles. The molecule has 1 saturated carbocycles. The first-order chi connectivity index (χ1) is 15.1. The minimum Gasteiger partial charge on any atom is -0.461 e. The summed E-state index contributed by atoms with van der Waals surface area (Å²) in [4.78, 5) is 32.6. The van der Waals surface area contributed by atoms with Crippen molar-refractivity contribution in [3.05, 3.63) is 51.7 Å². The van der Waals surface area contributed by atoms with Gasteiger partial charge in [-0.1, -0.05) is 30.6 Å². The number of rotatable bonds is 5. The summed E-state index contributed by atoms with van der Waals surface area (Å²) in [6.07, 6.45) is 8.74. The molecule has 1 aliphatic carbocycles. The molecule has 0 radical (unpaired) electrons. The Balaban J connectivity index is 1.56. The highest BCUT2D eigenvalue weighted by molar-refractivity contribution is 7.17. The highest BCUT2D eigenvalue weighted by atomic mass is 32.1. The van der Waals surface area contributed by atoms with Crippen molar-refractivity contribution in [2.45, 2.75) is 38.1 Å². The molecule has 158 valence electrons. The summed E-state index contributed by atoms with van der Waals surface area (Å²) >= 11 is 0.810. The van der Waals surface area contributed by atoms with E-state index in [4.69, 9.17) is 4.42 Å². The Morgan fingerprint density at radius 3 is 2.77 bits per heavy atom. The van der Waals surface area contributed by atoms with Gasteiger partial charge in [-0.3, -0.25) is 14.9 Å². The van der Waals surface area contributed by atoms with Gasteiger partial charge in [-0.25, -0.2) is 14.6 Å². The topological polar surface area (TPSA) is 129 Å². The van der Waals surface area contributed by atoms with Gasteiger partial charge in [0.25, 0.3) is 5.91 Å². The number of carbonyl (C=O) groups is 1. The number of hydrogen-bond donors (Lipinski definition) is 1. The Bertz CT molecular complexity index is 1260. The SMILES string of the molecule is O=C(Nc1nc(-c2ccco2)nc2c1cnn2C1CCCCC1)c1ccc([N+](=O)[O-])s1.